The van der Waals surface area contributed by atoms with Gasteiger partial charge in [0.1, 0.15) is 11.5 Å². The standard InChI is InChI=1S/C18H20O2.I2/c1-13(14-4-8-16(19)9-5-14)12-18(2,3)15-6-10-17(20)11-7-15;1-2/h4-12,19-20H,1-3H3;/b13-12+;. The number of phenols is 2. The molecule has 2 rings (SSSR count). The van der Waals surface area contributed by atoms with E-state index < -0.39 is 0 Å². The predicted molar refractivity (Wildman–Crippen MR) is 111 cm³/mol. The minimum atomic E-state index is -0.129. The third-order valence-electron chi connectivity index (χ3n) is 3.51. The molecule has 0 amide bonds. The van der Waals surface area contributed by atoms with Gasteiger partial charge in [-0.3, -0.25) is 0 Å². The molecule has 0 radical (unpaired) electrons. The average molecular weight is 522 g/mol. The first-order valence-corrected chi connectivity index (χ1v) is 13.1. The molecule has 0 saturated heterocycles. The molecule has 4 heteroatoms. The van der Waals surface area contributed by atoms with Gasteiger partial charge in [0.25, 0.3) is 0 Å². The SMILES string of the molecule is C/C(=C\C(C)(C)c1ccc(O)cc1)c1ccc(O)cc1.II. The molecule has 0 aliphatic rings. The molecule has 2 aromatic carbocycles. The summed E-state index contributed by atoms with van der Waals surface area (Å²) >= 11 is 4.24. The van der Waals surface area contributed by atoms with Crippen molar-refractivity contribution in [1.82, 2.24) is 0 Å². The number of rotatable bonds is 3. The van der Waals surface area contributed by atoms with Crippen LogP contribution in [0, 0.1) is 0 Å². The highest BCUT2D eigenvalue weighted by Crippen LogP contribution is 2.30. The number of phenolic OH excluding ortho intramolecular Hbond substituents is 2. The zero-order valence-electron chi connectivity index (χ0n) is 12.8. The van der Waals surface area contributed by atoms with Crippen LogP contribution in [-0.2, 0) is 5.41 Å². The van der Waals surface area contributed by atoms with Crippen molar-refractivity contribution < 1.29 is 10.2 Å². The highest BCUT2D eigenvalue weighted by Gasteiger charge is 2.18. The molecule has 0 spiro atoms. The second-order valence-corrected chi connectivity index (χ2v) is 5.64. The van der Waals surface area contributed by atoms with Gasteiger partial charge in [-0.2, -0.15) is 0 Å². The van der Waals surface area contributed by atoms with Crippen LogP contribution in [0.4, 0.5) is 0 Å². The molecule has 0 aromatic heterocycles. The molecule has 0 aliphatic carbocycles. The van der Waals surface area contributed by atoms with Gasteiger partial charge in [0.05, 0.1) is 0 Å². The number of allylic oxidation sites excluding steroid dienone is 2. The Hall–Kier alpha value is -0.760. The zero-order chi connectivity index (χ0) is 16.8. The Kier molecular flexibility index (Phi) is 7.68. The fourth-order valence-corrected chi connectivity index (χ4v) is 2.32. The first-order chi connectivity index (χ1) is 10.4. The lowest BCUT2D eigenvalue weighted by atomic mass is 9.82. The second kappa shape index (κ2) is 8.76. The summed E-state index contributed by atoms with van der Waals surface area (Å²) in [5.74, 6) is 0.558. The molecule has 118 valence electrons. The van der Waals surface area contributed by atoms with Crippen molar-refractivity contribution in [1.29, 1.82) is 0 Å². The summed E-state index contributed by atoms with van der Waals surface area (Å²) in [5, 5.41) is 18.7. The lowest BCUT2D eigenvalue weighted by Crippen LogP contribution is -2.13. The van der Waals surface area contributed by atoms with Gasteiger partial charge < -0.3 is 10.2 Å². The van der Waals surface area contributed by atoms with E-state index in [1.165, 1.54) is 0 Å². The van der Waals surface area contributed by atoms with Crippen molar-refractivity contribution in [3.8, 4) is 11.5 Å². The Balaban J connectivity index is 0.00000116. The molecule has 0 aliphatic heterocycles. The molecule has 0 fully saturated rings. The van der Waals surface area contributed by atoms with Crippen LogP contribution in [0.25, 0.3) is 5.57 Å². The Morgan fingerprint density at radius 3 is 1.73 bits per heavy atom. The van der Waals surface area contributed by atoms with Gasteiger partial charge in [-0.05, 0) is 47.9 Å². The normalized spacial score (nSPS) is 11.6. The van der Waals surface area contributed by atoms with Crippen LogP contribution in [0.3, 0.4) is 0 Å². The Bertz CT molecular complexity index is 615. The lowest BCUT2D eigenvalue weighted by molar-refractivity contribution is 0.474. The number of hydrogen-bond acceptors (Lipinski definition) is 2. The van der Waals surface area contributed by atoms with E-state index in [4.69, 9.17) is 0 Å². The van der Waals surface area contributed by atoms with Crippen LogP contribution in [0.15, 0.2) is 54.6 Å². The predicted octanol–water partition coefficient (Wildman–Crippen LogP) is 6.25. The number of aromatic hydroxyl groups is 2. The van der Waals surface area contributed by atoms with E-state index >= 15 is 0 Å². The topological polar surface area (TPSA) is 40.5 Å². The van der Waals surface area contributed by atoms with Crippen molar-refractivity contribution in [3.63, 3.8) is 0 Å². The van der Waals surface area contributed by atoms with E-state index in [2.05, 4.69) is 64.1 Å². The molecule has 0 atom stereocenters. The monoisotopic (exact) mass is 522 g/mol. The van der Waals surface area contributed by atoms with Gasteiger partial charge in [-0.1, -0.05) is 44.2 Å². The molecule has 0 saturated carbocycles. The first-order valence-electron chi connectivity index (χ1n) is 6.81. The van der Waals surface area contributed by atoms with E-state index in [0.29, 0.717) is 0 Å². The van der Waals surface area contributed by atoms with Crippen molar-refractivity contribution in [2.45, 2.75) is 26.2 Å². The van der Waals surface area contributed by atoms with Crippen LogP contribution in [0.1, 0.15) is 31.9 Å². The van der Waals surface area contributed by atoms with Gasteiger partial charge >= 0.3 is 0 Å². The van der Waals surface area contributed by atoms with E-state index in [-0.39, 0.29) is 16.9 Å². The van der Waals surface area contributed by atoms with Gasteiger partial charge in [0.15, 0.2) is 0 Å². The molecular formula is C18H20I2O2. The maximum atomic E-state index is 9.37. The fraction of sp³-hybridized carbons (Fsp3) is 0.222. The molecule has 2 aromatic rings. The molecule has 22 heavy (non-hydrogen) atoms. The fourth-order valence-electron chi connectivity index (χ4n) is 2.32. The summed E-state index contributed by atoms with van der Waals surface area (Å²) in [5.41, 5.74) is 3.27. The maximum Gasteiger partial charge on any atom is 0.115 e. The highest BCUT2D eigenvalue weighted by atomic mass is 128. The molecule has 0 bridgehead atoms. The van der Waals surface area contributed by atoms with Gasteiger partial charge in [-0.15, -0.1) is 0 Å². The third-order valence-corrected chi connectivity index (χ3v) is 3.51. The zero-order valence-corrected chi connectivity index (χ0v) is 17.2. The van der Waals surface area contributed by atoms with E-state index in [9.17, 15) is 10.2 Å². The minimum absolute atomic E-state index is 0.129. The molecule has 2 N–H and O–H groups in total. The van der Waals surface area contributed by atoms with E-state index in [1.54, 1.807) is 24.3 Å². The van der Waals surface area contributed by atoms with Crippen LogP contribution in [-0.4, -0.2) is 10.2 Å². The average Bonchev–Trinajstić information content (AvgIpc) is 2.50. The smallest absolute Gasteiger partial charge is 0.115 e. The van der Waals surface area contributed by atoms with E-state index in [0.717, 1.165) is 16.7 Å². The molecular weight excluding hydrogens is 502 g/mol. The summed E-state index contributed by atoms with van der Waals surface area (Å²) < 4.78 is 0. The number of hydrogen-bond donors (Lipinski definition) is 2. The summed E-state index contributed by atoms with van der Waals surface area (Å²) in [7, 11) is 0. The first kappa shape index (κ1) is 19.3. The van der Waals surface area contributed by atoms with Crippen LogP contribution in [0.2, 0.25) is 0 Å². The summed E-state index contributed by atoms with van der Waals surface area (Å²) in [6, 6.07) is 14.5. The van der Waals surface area contributed by atoms with E-state index in [1.807, 2.05) is 24.3 Å². The summed E-state index contributed by atoms with van der Waals surface area (Å²) in [4.78, 5) is 0. The van der Waals surface area contributed by atoms with Gasteiger partial charge in [0, 0.05) is 42.6 Å². The second-order valence-electron chi connectivity index (χ2n) is 5.64. The minimum Gasteiger partial charge on any atom is -0.508 e. The van der Waals surface area contributed by atoms with Gasteiger partial charge in [0.2, 0.25) is 0 Å². The lowest BCUT2D eigenvalue weighted by Gasteiger charge is -2.22. The molecule has 2 nitrogen and oxygen atoms in total. The van der Waals surface area contributed by atoms with Crippen LogP contribution in [0.5, 0.6) is 11.5 Å². The molecule has 0 unspecified atom stereocenters. The number of benzene rings is 2. The summed E-state index contributed by atoms with van der Waals surface area (Å²) in [6.45, 7) is 6.35. The van der Waals surface area contributed by atoms with Crippen molar-refractivity contribution >= 4 is 42.8 Å². The quantitative estimate of drug-likeness (QED) is 0.469. The highest BCUT2D eigenvalue weighted by molar-refractivity contribution is 15.0. The maximum absolute atomic E-state index is 9.37. The van der Waals surface area contributed by atoms with Crippen molar-refractivity contribution in [2.75, 3.05) is 0 Å². The van der Waals surface area contributed by atoms with Gasteiger partial charge in [-0.25, -0.2) is 0 Å². The summed E-state index contributed by atoms with van der Waals surface area (Å²) in [6.07, 6.45) is 2.20. The largest absolute Gasteiger partial charge is 0.508 e. The Morgan fingerprint density at radius 1 is 0.864 bits per heavy atom. The number of halogens is 2. The van der Waals surface area contributed by atoms with Crippen molar-refractivity contribution in [3.05, 3.63) is 65.7 Å². The van der Waals surface area contributed by atoms with Crippen LogP contribution < -0.4 is 0 Å². The Morgan fingerprint density at radius 2 is 1.27 bits per heavy atom. The third kappa shape index (κ3) is 5.46. The Labute approximate surface area is 155 Å². The molecule has 0 heterocycles. The van der Waals surface area contributed by atoms with Crippen LogP contribution >= 0.6 is 37.2 Å². The van der Waals surface area contributed by atoms with Crippen molar-refractivity contribution in [2.24, 2.45) is 0 Å².